The fourth-order valence-corrected chi connectivity index (χ4v) is 4.43. The normalized spacial score (nSPS) is 13.0. The van der Waals surface area contributed by atoms with Gasteiger partial charge in [0.2, 0.25) is 0 Å². The molecule has 0 fully saturated rings. The van der Waals surface area contributed by atoms with E-state index in [4.69, 9.17) is 4.18 Å². The molecule has 0 aromatic heterocycles. The molecule has 0 aliphatic rings. The predicted octanol–water partition coefficient (Wildman–Crippen LogP) is 7.12. The van der Waals surface area contributed by atoms with E-state index in [9.17, 15) is 8.42 Å². The number of benzene rings is 1. The smallest absolute Gasteiger partial charge is 0.266 e. The average molecular weight is 397 g/mol. The molecular weight excluding hydrogens is 356 g/mol. The lowest BCUT2D eigenvalue weighted by atomic mass is 9.92. The van der Waals surface area contributed by atoms with Crippen molar-refractivity contribution in [1.29, 1.82) is 0 Å². The number of rotatable bonds is 17. The molecule has 0 aliphatic heterocycles. The Balaban J connectivity index is 2.37. The van der Waals surface area contributed by atoms with Crippen LogP contribution in [0.3, 0.4) is 0 Å². The topological polar surface area (TPSA) is 43.4 Å². The summed E-state index contributed by atoms with van der Waals surface area (Å²) in [4.78, 5) is 0.250. The van der Waals surface area contributed by atoms with E-state index in [1.54, 1.807) is 24.3 Å². The van der Waals surface area contributed by atoms with E-state index in [1.165, 1.54) is 77.0 Å². The molecule has 4 heteroatoms. The van der Waals surface area contributed by atoms with E-state index in [0.717, 1.165) is 6.42 Å². The third-order valence-corrected chi connectivity index (χ3v) is 6.55. The van der Waals surface area contributed by atoms with E-state index in [-0.39, 0.29) is 4.90 Å². The van der Waals surface area contributed by atoms with Gasteiger partial charge < -0.3 is 0 Å². The van der Waals surface area contributed by atoms with Crippen LogP contribution >= 0.6 is 0 Å². The van der Waals surface area contributed by atoms with E-state index in [1.807, 2.05) is 6.07 Å². The zero-order chi connectivity index (χ0) is 19.8. The van der Waals surface area contributed by atoms with Gasteiger partial charge in [-0.3, -0.25) is 4.18 Å². The first-order valence-corrected chi connectivity index (χ1v) is 12.5. The van der Waals surface area contributed by atoms with Gasteiger partial charge in [0.1, 0.15) is 0 Å². The summed E-state index contributed by atoms with van der Waals surface area (Å²) >= 11 is 0. The van der Waals surface area contributed by atoms with Crippen LogP contribution < -0.4 is 0 Å². The largest absolute Gasteiger partial charge is 0.296 e. The van der Waals surface area contributed by atoms with Crippen LogP contribution in [0, 0.1) is 5.92 Å². The van der Waals surface area contributed by atoms with Gasteiger partial charge in [0, 0.05) is 0 Å². The van der Waals surface area contributed by atoms with Gasteiger partial charge in [-0.25, -0.2) is 0 Å². The Kier molecular flexibility index (Phi) is 13.5. The van der Waals surface area contributed by atoms with Gasteiger partial charge in [-0.1, -0.05) is 109 Å². The molecule has 0 saturated heterocycles. The van der Waals surface area contributed by atoms with Crippen molar-refractivity contribution in [3.63, 3.8) is 0 Å². The van der Waals surface area contributed by atoms with E-state index < -0.39 is 10.1 Å². The zero-order valence-electron chi connectivity index (χ0n) is 17.5. The Morgan fingerprint density at radius 2 is 1.26 bits per heavy atom. The van der Waals surface area contributed by atoms with Crippen LogP contribution in [0.25, 0.3) is 0 Å². The third-order valence-electron chi connectivity index (χ3n) is 5.23. The molecule has 0 spiro atoms. The van der Waals surface area contributed by atoms with Crippen LogP contribution in [0.2, 0.25) is 0 Å². The molecule has 1 unspecified atom stereocenters. The molecule has 1 atom stereocenters. The summed E-state index contributed by atoms with van der Waals surface area (Å²) in [7, 11) is -3.62. The summed E-state index contributed by atoms with van der Waals surface area (Å²) in [6, 6.07) is 8.45. The Bertz CT molecular complexity index is 554. The standard InChI is InChI=1S/C23H40O3S/c1-3-5-7-9-10-13-17-22(16-12-8-6-4-2)20-21-26-27(24,25)23-18-14-11-15-19-23/h11,14-15,18-19,22H,3-10,12-13,16-17,20-21H2,1-2H3. The van der Waals surface area contributed by atoms with Crippen LogP contribution in [-0.4, -0.2) is 15.0 Å². The van der Waals surface area contributed by atoms with Gasteiger partial charge in [0.15, 0.2) is 0 Å². The maximum atomic E-state index is 12.3. The minimum Gasteiger partial charge on any atom is -0.266 e. The second kappa shape index (κ2) is 15.1. The van der Waals surface area contributed by atoms with Crippen LogP contribution in [0.4, 0.5) is 0 Å². The second-order valence-corrected chi connectivity index (χ2v) is 9.26. The summed E-state index contributed by atoms with van der Waals surface area (Å²) in [5.74, 6) is 0.582. The van der Waals surface area contributed by atoms with E-state index in [0.29, 0.717) is 12.5 Å². The maximum Gasteiger partial charge on any atom is 0.296 e. The highest BCUT2D eigenvalue weighted by molar-refractivity contribution is 7.86. The first-order valence-electron chi connectivity index (χ1n) is 11.0. The molecule has 0 bridgehead atoms. The van der Waals surface area contributed by atoms with Crippen LogP contribution in [-0.2, 0) is 14.3 Å². The van der Waals surface area contributed by atoms with Gasteiger partial charge in [-0.15, -0.1) is 0 Å². The molecule has 1 aromatic carbocycles. The van der Waals surface area contributed by atoms with Gasteiger partial charge in [-0.05, 0) is 24.5 Å². The van der Waals surface area contributed by atoms with Crippen molar-refractivity contribution < 1.29 is 12.6 Å². The molecule has 0 amide bonds. The van der Waals surface area contributed by atoms with Crippen molar-refractivity contribution in [3.8, 4) is 0 Å². The lowest BCUT2D eigenvalue weighted by molar-refractivity contribution is 0.263. The summed E-state index contributed by atoms with van der Waals surface area (Å²) < 4.78 is 29.8. The van der Waals surface area contributed by atoms with Gasteiger partial charge in [-0.2, -0.15) is 8.42 Å². The SMILES string of the molecule is CCCCCCCCC(CCCCCC)CCOS(=O)(=O)c1ccccc1. The summed E-state index contributed by atoms with van der Waals surface area (Å²) in [5.41, 5.74) is 0. The van der Waals surface area contributed by atoms with Crippen molar-refractivity contribution in [2.75, 3.05) is 6.61 Å². The predicted molar refractivity (Wildman–Crippen MR) is 114 cm³/mol. The highest BCUT2D eigenvalue weighted by atomic mass is 32.2. The molecule has 0 N–H and O–H groups in total. The lowest BCUT2D eigenvalue weighted by Crippen LogP contribution is -2.11. The molecular formula is C23H40O3S. The minimum absolute atomic E-state index is 0.250. The number of hydrogen-bond donors (Lipinski definition) is 0. The van der Waals surface area contributed by atoms with Gasteiger partial charge in [0.05, 0.1) is 11.5 Å². The minimum atomic E-state index is -3.62. The Morgan fingerprint density at radius 3 is 1.85 bits per heavy atom. The van der Waals surface area contributed by atoms with Gasteiger partial charge in [0.25, 0.3) is 10.1 Å². The zero-order valence-corrected chi connectivity index (χ0v) is 18.3. The van der Waals surface area contributed by atoms with Crippen molar-refractivity contribution in [1.82, 2.24) is 0 Å². The summed E-state index contributed by atoms with van der Waals surface area (Å²) in [6.07, 6.45) is 16.2. The molecule has 0 saturated carbocycles. The van der Waals surface area contributed by atoms with Gasteiger partial charge >= 0.3 is 0 Å². The second-order valence-electron chi connectivity index (χ2n) is 7.65. The molecule has 1 rings (SSSR count). The highest BCUT2D eigenvalue weighted by Gasteiger charge is 2.16. The molecule has 0 aliphatic carbocycles. The quantitative estimate of drug-likeness (QED) is 0.208. The summed E-state index contributed by atoms with van der Waals surface area (Å²) in [5, 5.41) is 0. The Morgan fingerprint density at radius 1 is 0.741 bits per heavy atom. The van der Waals surface area contributed by atoms with Crippen molar-refractivity contribution in [3.05, 3.63) is 30.3 Å². The van der Waals surface area contributed by atoms with Crippen LogP contribution in [0.5, 0.6) is 0 Å². The van der Waals surface area contributed by atoms with Crippen molar-refractivity contribution >= 4 is 10.1 Å². The van der Waals surface area contributed by atoms with Crippen LogP contribution in [0.1, 0.15) is 97.3 Å². The number of hydrogen-bond acceptors (Lipinski definition) is 3. The maximum absolute atomic E-state index is 12.3. The van der Waals surface area contributed by atoms with Crippen molar-refractivity contribution in [2.45, 2.75) is 102 Å². The Hall–Kier alpha value is -0.870. The molecule has 3 nitrogen and oxygen atoms in total. The fraction of sp³-hybridized carbons (Fsp3) is 0.739. The molecule has 0 radical (unpaired) electrons. The number of unbranched alkanes of at least 4 members (excludes halogenated alkanes) is 8. The monoisotopic (exact) mass is 396 g/mol. The fourth-order valence-electron chi connectivity index (χ4n) is 3.49. The van der Waals surface area contributed by atoms with E-state index >= 15 is 0 Å². The highest BCUT2D eigenvalue weighted by Crippen LogP contribution is 2.23. The average Bonchev–Trinajstić information content (AvgIpc) is 2.68. The lowest BCUT2D eigenvalue weighted by Gasteiger charge is -2.17. The summed E-state index contributed by atoms with van der Waals surface area (Å²) in [6.45, 7) is 4.78. The molecule has 1 aromatic rings. The molecule has 27 heavy (non-hydrogen) atoms. The van der Waals surface area contributed by atoms with Crippen LogP contribution in [0.15, 0.2) is 35.2 Å². The first kappa shape index (κ1) is 24.2. The molecule has 156 valence electrons. The van der Waals surface area contributed by atoms with E-state index in [2.05, 4.69) is 13.8 Å². The third kappa shape index (κ3) is 11.5. The first-order chi connectivity index (χ1) is 13.1. The molecule has 0 heterocycles. The Labute approximate surface area is 168 Å². The van der Waals surface area contributed by atoms with Crippen molar-refractivity contribution in [2.24, 2.45) is 5.92 Å².